The lowest BCUT2D eigenvalue weighted by Gasteiger charge is -2.20. The first kappa shape index (κ1) is 17.5. The molecule has 1 unspecified atom stereocenters. The molecule has 0 aliphatic heterocycles. The smallest absolute Gasteiger partial charge is 0.224 e. The average Bonchev–Trinajstić information content (AvgIpc) is 2.52. The Labute approximate surface area is 127 Å². The van der Waals surface area contributed by atoms with Crippen LogP contribution in [0, 0.1) is 0 Å². The number of rotatable bonds is 9. The Balaban J connectivity index is 2.31. The standard InChI is InChI=1S/C16H26N2O3/c1-18(16(19)11-15(12-17)21-3)10-4-5-13-6-8-14(20-2)9-7-13/h6-9,15H,4-5,10-12,17H2,1-3H3. The minimum Gasteiger partial charge on any atom is -0.497 e. The number of hydrogen-bond donors (Lipinski definition) is 1. The van der Waals surface area contributed by atoms with Crippen LogP contribution >= 0.6 is 0 Å². The van der Waals surface area contributed by atoms with Gasteiger partial charge in [0.15, 0.2) is 0 Å². The van der Waals surface area contributed by atoms with E-state index in [1.54, 1.807) is 19.1 Å². The zero-order chi connectivity index (χ0) is 15.7. The number of carbonyl (C=O) groups excluding carboxylic acids is 1. The molecule has 1 aromatic carbocycles. The molecule has 1 amide bonds. The molecule has 0 aromatic heterocycles. The number of benzene rings is 1. The Bertz CT molecular complexity index is 416. The van der Waals surface area contributed by atoms with E-state index >= 15 is 0 Å². The number of nitrogens with two attached hydrogens (primary N) is 1. The largest absolute Gasteiger partial charge is 0.497 e. The van der Waals surface area contributed by atoms with Gasteiger partial charge in [0.1, 0.15) is 5.75 Å². The van der Waals surface area contributed by atoms with Gasteiger partial charge in [0.25, 0.3) is 0 Å². The summed E-state index contributed by atoms with van der Waals surface area (Å²) < 4.78 is 10.3. The summed E-state index contributed by atoms with van der Waals surface area (Å²) in [6.07, 6.45) is 2.01. The van der Waals surface area contributed by atoms with Gasteiger partial charge in [-0.1, -0.05) is 12.1 Å². The number of carbonyl (C=O) groups is 1. The third kappa shape index (κ3) is 6.14. The summed E-state index contributed by atoms with van der Waals surface area (Å²) in [4.78, 5) is 13.7. The van der Waals surface area contributed by atoms with Crippen molar-refractivity contribution < 1.29 is 14.3 Å². The van der Waals surface area contributed by atoms with Gasteiger partial charge in [-0.05, 0) is 30.5 Å². The first-order chi connectivity index (χ1) is 10.1. The Morgan fingerprint density at radius 2 is 1.95 bits per heavy atom. The van der Waals surface area contributed by atoms with E-state index in [1.165, 1.54) is 5.56 Å². The van der Waals surface area contributed by atoms with Gasteiger partial charge < -0.3 is 20.1 Å². The second-order valence-corrected chi connectivity index (χ2v) is 5.06. The second-order valence-electron chi connectivity index (χ2n) is 5.06. The fourth-order valence-corrected chi connectivity index (χ4v) is 2.05. The maximum Gasteiger partial charge on any atom is 0.224 e. The van der Waals surface area contributed by atoms with Crippen LogP contribution in [0.4, 0.5) is 0 Å². The van der Waals surface area contributed by atoms with Gasteiger partial charge in [0, 0.05) is 27.2 Å². The van der Waals surface area contributed by atoms with Crippen LogP contribution in [0.25, 0.3) is 0 Å². The zero-order valence-corrected chi connectivity index (χ0v) is 13.2. The number of hydrogen-bond acceptors (Lipinski definition) is 4. The maximum absolute atomic E-state index is 12.0. The molecule has 21 heavy (non-hydrogen) atoms. The molecule has 2 N–H and O–H groups in total. The SMILES string of the molecule is COc1ccc(CCCN(C)C(=O)CC(CN)OC)cc1. The Morgan fingerprint density at radius 3 is 2.48 bits per heavy atom. The van der Waals surface area contributed by atoms with Crippen molar-refractivity contribution in [2.75, 3.05) is 34.4 Å². The van der Waals surface area contributed by atoms with Gasteiger partial charge in [-0.15, -0.1) is 0 Å². The minimum absolute atomic E-state index is 0.0713. The van der Waals surface area contributed by atoms with E-state index in [4.69, 9.17) is 15.2 Å². The Morgan fingerprint density at radius 1 is 1.29 bits per heavy atom. The predicted molar refractivity (Wildman–Crippen MR) is 83.4 cm³/mol. The highest BCUT2D eigenvalue weighted by Gasteiger charge is 2.14. The summed E-state index contributed by atoms with van der Waals surface area (Å²) in [5.41, 5.74) is 6.77. The van der Waals surface area contributed by atoms with Crippen molar-refractivity contribution in [3.63, 3.8) is 0 Å². The van der Waals surface area contributed by atoms with Gasteiger partial charge in [-0.2, -0.15) is 0 Å². The van der Waals surface area contributed by atoms with Crippen molar-refractivity contribution in [3.8, 4) is 5.75 Å². The third-order valence-corrected chi connectivity index (χ3v) is 3.54. The number of methoxy groups -OCH3 is 2. The van der Waals surface area contributed by atoms with Crippen molar-refractivity contribution in [1.82, 2.24) is 4.90 Å². The zero-order valence-electron chi connectivity index (χ0n) is 13.2. The number of nitrogens with zero attached hydrogens (tertiary/aromatic N) is 1. The Hall–Kier alpha value is -1.59. The fraction of sp³-hybridized carbons (Fsp3) is 0.562. The molecule has 0 fully saturated rings. The van der Waals surface area contributed by atoms with Crippen molar-refractivity contribution in [3.05, 3.63) is 29.8 Å². The molecule has 0 aliphatic carbocycles. The fourth-order valence-electron chi connectivity index (χ4n) is 2.05. The molecular weight excluding hydrogens is 268 g/mol. The summed E-state index contributed by atoms with van der Waals surface area (Å²) in [5, 5.41) is 0. The van der Waals surface area contributed by atoms with Crippen LogP contribution in [-0.2, 0) is 16.0 Å². The number of aryl methyl sites for hydroxylation is 1. The highest BCUT2D eigenvalue weighted by atomic mass is 16.5. The first-order valence-electron chi connectivity index (χ1n) is 7.20. The minimum atomic E-state index is -0.193. The van der Waals surface area contributed by atoms with E-state index in [9.17, 15) is 4.79 Å². The van der Waals surface area contributed by atoms with Crippen LogP contribution < -0.4 is 10.5 Å². The molecule has 0 aliphatic rings. The highest BCUT2D eigenvalue weighted by Crippen LogP contribution is 2.12. The van der Waals surface area contributed by atoms with Crippen molar-refractivity contribution >= 4 is 5.91 Å². The van der Waals surface area contributed by atoms with Gasteiger partial charge in [-0.25, -0.2) is 0 Å². The second kappa shape index (κ2) is 9.37. The summed E-state index contributed by atoms with van der Waals surface area (Å²) in [6, 6.07) is 8.01. The summed E-state index contributed by atoms with van der Waals surface area (Å²) in [7, 11) is 5.05. The molecule has 118 valence electrons. The lowest BCUT2D eigenvalue weighted by atomic mass is 10.1. The molecule has 0 radical (unpaired) electrons. The van der Waals surface area contributed by atoms with E-state index in [0.29, 0.717) is 13.0 Å². The molecule has 1 rings (SSSR count). The molecule has 5 nitrogen and oxygen atoms in total. The van der Waals surface area contributed by atoms with Gasteiger partial charge in [0.2, 0.25) is 5.91 Å². The first-order valence-corrected chi connectivity index (χ1v) is 7.20. The molecule has 5 heteroatoms. The monoisotopic (exact) mass is 294 g/mol. The van der Waals surface area contributed by atoms with Crippen LogP contribution in [0.1, 0.15) is 18.4 Å². The van der Waals surface area contributed by atoms with E-state index in [2.05, 4.69) is 12.1 Å². The molecule has 0 heterocycles. The van der Waals surface area contributed by atoms with Crippen molar-refractivity contribution in [1.29, 1.82) is 0 Å². The van der Waals surface area contributed by atoms with Gasteiger partial charge in [0.05, 0.1) is 19.6 Å². The molecular formula is C16H26N2O3. The van der Waals surface area contributed by atoms with Crippen molar-refractivity contribution in [2.24, 2.45) is 5.73 Å². The molecule has 0 saturated carbocycles. The van der Waals surface area contributed by atoms with E-state index in [1.807, 2.05) is 19.2 Å². The quantitative estimate of drug-likeness (QED) is 0.748. The van der Waals surface area contributed by atoms with E-state index < -0.39 is 0 Å². The van der Waals surface area contributed by atoms with Gasteiger partial charge >= 0.3 is 0 Å². The summed E-state index contributed by atoms with van der Waals surface area (Å²) >= 11 is 0. The molecule has 1 aromatic rings. The third-order valence-electron chi connectivity index (χ3n) is 3.54. The van der Waals surface area contributed by atoms with Crippen LogP contribution in [0.3, 0.4) is 0 Å². The predicted octanol–water partition coefficient (Wildman–Crippen LogP) is 1.45. The maximum atomic E-state index is 12.0. The molecule has 1 atom stereocenters. The van der Waals surface area contributed by atoms with Gasteiger partial charge in [-0.3, -0.25) is 4.79 Å². The Kier molecular flexibility index (Phi) is 7.79. The van der Waals surface area contributed by atoms with E-state index in [0.717, 1.165) is 25.1 Å². The number of ether oxygens (including phenoxy) is 2. The van der Waals surface area contributed by atoms with Crippen LogP contribution in [0.5, 0.6) is 5.75 Å². The number of amides is 1. The van der Waals surface area contributed by atoms with Crippen LogP contribution in [0.2, 0.25) is 0 Å². The lowest BCUT2D eigenvalue weighted by molar-refractivity contribution is -0.132. The topological polar surface area (TPSA) is 64.8 Å². The van der Waals surface area contributed by atoms with Crippen molar-refractivity contribution in [2.45, 2.75) is 25.4 Å². The molecule has 0 spiro atoms. The lowest BCUT2D eigenvalue weighted by Crippen LogP contribution is -2.34. The normalized spacial score (nSPS) is 12.0. The summed E-state index contributed by atoms with van der Waals surface area (Å²) in [5.74, 6) is 0.931. The van der Waals surface area contributed by atoms with E-state index in [-0.39, 0.29) is 12.0 Å². The summed E-state index contributed by atoms with van der Waals surface area (Å²) in [6.45, 7) is 1.09. The van der Waals surface area contributed by atoms with Crippen LogP contribution in [-0.4, -0.2) is 51.3 Å². The molecule has 0 saturated heterocycles. The average molecular weight is 294 g/mol. The highest BCUT2D eigenvalue weighted by molar-refractivity contribution is 5.76. The van der Waals surface area contributed by atoms with Crippen LogP contribution in [0.15, 0.2) is 24.3 Å². The molecule has 0 bridgehead atoms.